The van der Waals surface area contributed by atoms with E-state index in [2.05, 4.69) is 0 Å². The first kappa shape index (κ1) is 18.3. The molecule has 22 heavy (non-hydrogen) atoms. The maximum atomic E-state index is 12.1. The molecule has 2 heterocycles. The van der Waals surface area contributed by atoms with Crippen molar-refractivity contribution in [2.45, 2.75) is 63.6 Å². The average Bonchev–Trinajstić information content (AvgIpc) is 2.96. The Labute approximate surface area is 145 Å². The monoisotopic (exact) mass is 304 g/mol. The van der Waals surface area contributed by atoms with Crippen molar-refractivity contribution in [1.82, 2.24) is 5.06 Å². The molecule has 2 saturated heterocycles. The normalized spacial score (nSPS) is 28.3. The standard InChI is InChI=1S/C16H27NO4.Li/c18-16(13-7-10-19-11-8-13)21-17-9-6-15(12-17)20-14-4-2-1-3-5-14;/h13-15H,1-12H2;/t15-;/m1./s1. The number of hydrogen-bond donors (Lipinski definition) is 0. The minimum absolute atomic E-state index is 0. The summed E-state index contributed by atoms with van der Waals surface area (Å²) in [7, 11) is 0. The molecule has 1 radical (unpaired) electrons. The van der Waals surface area contributed by atoms with Gasteiger partial charge in [-0.15, -0.1) is 5.06 Å². The zero-order valence-electron chi connectivity index (χ0n) is 13.8. The van der Waals surface area contributed by atoms with E-state index in [0.29, 0.717) is 19.3 Å². The van der Waals surface area contributed by atoms with Crippen molar-refractivity contribution < 1.29 is 19.1 Å². The Bertz CT molecular complexity index is 343. The zero-order chi connectivity index (χ0) is 14.5. The van der Waals surface area contributed by atoms with Gasteiger partial charge in [0.05, 0.1) is 24.7 Å². The number of hydroxylamine groups is 2. The first-order chi connectivity index (χ1) is 10.3. The van der Waals surface area contributed by atoms with Gasteiger partial charge in [-0.2, -0.15) is 0 Å². The van der Waals surface area contributed by atoms with E-state index in [9.17, 15) is 4.79 Å². The molecule has 2 aliphatic heterocycles. The number of carbonyl (C=O) groups excluding carboxylic acids is 1. The maximum absolute atomic E-state index is 12.1. The van der Waals surface area contributed by atoms with Crippen LogP contribution >= 0.6 is 0 Å². The molecule has 6 heteroatoms. The van der Waals surface area contributed by atoms with E-state index in [0.717, 1.165) is 32.4 Å². The second-order valence-corrected chi connectivity index (χ2v) is 6.49. The molecule has 0 unspecified atom stereocenters. The molecule has 0 amide bonds. The Balaban J connectivity index is 0.00000176. The number of carbonyl (C=O) groups is 1. The van der Waals surface area contributed by atoms with Gasteiger partial charge in [0.25, 0.3) is 0 Å². The van der Waals surface area contributed by atoms with Crippen LogP contribution in [-0.2, 0) is 19.1 Å². The molecule has 121 valence electrons. The van der Waals surface area contributed by atoms with Gasteiger partial charge in [-0.25, -0.2) is 0 Å². The molecule has 1 saturated carbocycles. The summed E-state index contributed by atoms with van der Waals surface area (Å²) in [4.78, 5) is 17.6. The fourth-order valence-corrected chi connectivity index (χ4v) is 3.50. The van der Waals surface area contributed by atoms with Crippen molar-refractivity contribution in [3.8, 4) is 0 Å². The third kappa shape index (κ3) is 5.25. The SMILES string of the molecule is O=C(ON1CC[C@@H](OC2CCCCC2)C1)C1CCOCC1.[Li]. The second-order valence-electron chi connectivity index (χ2n) is 6.49. The fraction of sp³-hybridized carbons (Fsp3) is 0.938. The number of rotatable bonds is 4. The molecule has 3 rings (SSSR count). The molecule has 0 spiro atoms. The molecule has 1 atom stereocenters. The van der Waals surface area contributed by atoms with Crippen LogP contribution in [0.25, 0.3) is 0 Å². The van der Waals surface area contributed by atoms with Gasteiger partial charge in [0, 0.05) is 38.6 Å². The van der Waals surface area contributed by atoms with Crippen molar-refractivity contribution in [2.75, 3.05) is 26.3 Å². The predicted molar refractivity (Wildman–Crippen MR) is 83.3 cm³/mol. The van der Waals surface area contributed by atoms with E-state index in [1.54, 1.807) is 5.06 Å². The zero-order valence-corrected chi connectivity index (χ0v) is 13.8. The third-order valence-electron chi connectivity index (χ3n) is 4.82. The van der Waals surface area contributed by atoms with Crippen molar-refractivity contribution in [3.63, 3.8) is 0 Å². The minimum atomic E-state index is -0.0865. The van der Waals surface area contributed by atoms with Crippen LogP contribution in [0.3, 0.4) is 0 Å². The van der Waals surface area contributed by atoms with E-state index in [1.165, 1.54) is 32.1 Å². The molecule has 0 aromatic carbocycles. The van der Waals surface area contributed by atoms with Gasteiger partial charge >= 0.3 is 5.97 Å². The Morgan fingerprint density at radius 2 is 1.68 bits per heavy atom. The topological polar surface area (TPSA) is 48.0 Å². The van der Waals surface area contributed by atoms with Crippen molar-refractivity contribution >= 4 is 24.8 Å². The van der Waals surface area contributed by atoms with Crippen molar-refractivity contribution in [2.24, 2.45) is 5.92 Å². The van der Waals surface area contributed by atoms with Crippen LogP contribution < -0.4 is 0 Å². The molecule has 3 aliphatic rings. The van der Waals surface area contributed by atoms with Crippen LogP contribution in [-0.4, -0.2) is 68.4 Å². The van der Waals surface area contributed by atoms with E-state index >= 15 is 0 Å². The first-order valence-electron chi connectivity index (χ1n) is 8.51. The van der Waals surface area contributed by atoms with E-state index in [-0.39, 0.29) is 36.9 Å². The fourth-order valence-electron chi connectivity index (χ4n) is 3.50. The summed E-state index contributed by atoms with van der Waals surface area (Å²) in [5.74, 6) is -0.0753. The van der Waals surface area contributed by atoms with E-state index in [4.69, 9.17) is 14.3 Å². The third-order valence-corrected chi connectivity index (χ3v) is 4.82. The quantitative estimate of drug-likeness (QED) is 0.743. The van der Waals surface area contributed by atoms with Crippen LogP contribution in [0.2, 0.25) is 0 Å². The van der Waals surface area contributed by atoms with Gasteiger partial charge < -0.3 is 14.3 Å². The molecule has 0 aromatic heterocycles. The molecular weight excluding hydrogens is 277 g/mol. The summed E-state index contributed by atoms with van der Waals surface area (Å²) in [6.45, 7) is 2.87. The first-order valence-corrected chi connectivity index (χ1v) is 8.51. The Morgan fingerprint density at radius 3 is 2.41 bits per heavy atom. The van der Waals surface area contributed by atoms with Gasteiger partial charge in [-0.3, -0.25) is 4.79 Å². The minimum Gasteiger partial charge on any atom is -0.381 e. The maximum Gasteiger partial charge on any atom is 0.328 e. The van der Waals surface area contributed by atoms with E-state index < -0.39 is 0 Å². The van der Waals surface area contributed by atoms with Crippen molar-refractivity contribution in [3.05, 3.63) is 0 Å². The Kier molecular flexibility index (Phi) is 7.73. The largest absolute Gasteiger partial charge is 0.381 e. The average molecular weight is 304 g/mol. The summed E-state index contributed by atoms with van der Waals surface area (Å²) >= 11 is 0. The van der Waals surface area contributed by atoms with Gasteiger partial charge in [0.2, 0.25) is 0 Å². The van der Waals surface area contributed by atoms with Crippen LogP contribution in [0.15, 0.2) is 0 Å². The second kappa shape index (κ2) is 9.29. The summed E-state index contributed by atoms with van der Waals surface area (Å²) in [6.07, 6.45) is 9.52. The summed E-state index contributed by atoms with van der Waals surface area (Å²) < 4.78 is 11.4. The summed E-state index contributed by atoms with van der Waals surface area (Å²) in [5, 5.41) is 1.80. The number of nitrogens with zero attached hydrogens (tertiary/aromatic N) is 1. The van der Waals surface area contributed by atoms with Gasteiger partial charge in [-0.05, 0) is 32.1 Å². The smallest absolute Gasteiger partial charge is 0.328 e. The van der Waals surface area contributed by atoms with Crippen molar-refractivity contribution in [1.29, 1.82) is 0 Å². The molecule has 1 aliphatic carbocycles. The molecule has 3 fully saturated rings. The summed E-state index contributed by atoms with van der Waals surface area (Å²) in [5.41, 5.74) is 0. The number of ether oxygens (including phenoxy) is 2. The van der Waals surface area contributed by atoms with Crippen LogP contribution in [0.1, 0.15) is 51.4 Å². The molecule has 0 aromatic rings. The molecular formula is C16H27LiNO4. The van der Waals surface area contributed by atoms with Crippen LogP contribution in [0, 0.1) is 5.92 Å². The molecule has 0 N–H and O–H groups in total. The van der Waals surface area contributed by atoms with Crippen LogP contribution in [0.5, 0.6) is 0 Å². The molecule has 5 nitrogen and oxygen atoms in total. The Hall–Kier alpha value is -0.0526. The van der Waals surface area contributed by atoms with Gasteiger partial charge in [-0.1, -0.05) is 19.3 Å². The number of hydrogen-bond acceptors (Lipinski definition) is 5. The van der Waals surface area contributed by atoms with Crippen LogP contribution in [0.4, 0.5) is 0 Å². The van der Waals surface area contributed by atoms with Gasteiger partial charge in [0.15, 0.2) is 0 Å². The van der Waals surface area contributed by atoms with Gasteiger partial charge in [0.1, 0.15) is 0 Å². The summed E-state index contributed by atoms with van der Waals surface area (Å²) in [6, 6.07) is 0. The molecule has 0 bridgehead atoms. The Morgan fingerprint density at radius 1 is 0.955 bits per heavy atom. The predicted octanol–water partition coefficient (Wildman–Crippen LogP) is 1.91. The van der Waals surface area contributed by atoms with E-state index in [1.807, 2.05) is 0 Å².